The molecule has 1 aromatic carbocycles. The van der Waals surface area contributed by atoms with Crippen LogP contribution < -0.4 is 0 Å². The fraction of sp³-hybridized carbons (Fsp3) is 0.556. The van der Waals surface area contributed by atoms with Crippen molar-refractivity contribution in [1.82, 2.24) is 0 Å². The van der Waals surface area contributed by atoms with E-state index in [0.717, 1.165) is 12.0 Å². The lowest BCUT2D eigenvalue weighted by atomic mass is 9.97. The third-order valence-corrected chi connectivity index (χ3v) is 3.28. The van der Waals surface area contributed by atoms with Crippen molar-refractivity contribution in [2.75, 3.05) is 6.61 Å². The van der Waals surface area contributed by atoms with Gasteiger partial charge in [0.1, 0.15) is 0 Å². The molecule has 128 valence electrons. The Morgan fingerprint density at radius 2 is 1.61 bits per heavy atom. The van der Waals surface area contributed by atoms with Gasteiger partial charge >= 0.3 is 12.1 Å². The van der Waals surface area contributed by atoms with E-state index in [4.69, 9.17) is 9.47 Å². The first-order valence-corrected chi connectivity index (χ1v) is 7.96. The number of carbonyl (C=O) groups is 2. The first kappa shape index (κ1) is 19.0. The molecule has 0 saturated carbocycles. The maximum absolute atomic E-state index is 12.1. The van der Waals surface area contributed by atoms with Crippen molar-refractivity contribution in [3.63, 3.8) is 0 Å². The second kappa shape index (κ2) is 9.18. The van der Waals surface area contributed by atoms with Gasteiger partial charge in [-0.2, -0.15) is 0 Å². The molecule has 0 aromatic heterocycles. The first-order chi connectivity index (χ1) is 10.8. The summed E-state index contributed by atoms with van der Waals surface area (Å²) in [5.41, 5.74) is 2.11. The Morgan fingerprint density at radius 3 is 2.13 bits per heavy atom. The second-order valence-electron chi connectivity index (χ2n) is 5.87. The number of benzene rings is 1. The molecule has 5 nitrogen and oxygen atoms in total. The summed E-state index contributed by atoms with van der Waals surface area (Å²) in [5.74, 6) is -0.293. The lowest BCUT2D eigenvalue weighted by Crippen LogP contribution is -2.24. The molecule has 0 spiro atoms. The van der Waals surface area contributed by atoms with Crippen LogP contribution in [-0.4, -0.2) is 25.0 Å². The molecule has 1 unspecified atom stereocenters. The summed E-state index contributed by atoms with van der Waals surface area (Å²) in [6, 6.07) is 7.91. The zero-order valence-electron chi connectivity index (χ0n) is 14.5. The Morgan fingerprint density at radius 1 is 1.00 bits per heavy atom. The molecule has 0 aliphatic carbocycles. The average Bonchev–Trinajstić information content (AvgIpc) is 2.46. The van der Waals surface area contributed by atoms with E-state index in [1.54, 1.807) is 13.8 Å². The highest BCUT2D eigenvalue weighted by molar-refractivity contribution is 5.77. The molecule has 0 heterocycles. The number of rotatable bonds is 7. The van der Waals surface area contributed by atoms with Crippen LogP contribution in [0, 0.1) is 5.92 Å². The molecule has 0 radical (unpaired) electrons. The Bertz CT molecular complexity index is 507. The van der Waals surface area contributed by atoms with Gasteiger partial charge in [-0.1, -0.05) is 38.1 Å². The number of ether oxygens (including phenoxy) is 3. The number of hydrogen-bond acceptors (Lipinski definition) is 5. The molecule has 0 bridgehead atoms. The topological polar surface area (TPSA) is 61.8 Å². The van der Waals surface area contributed by atoms with Gasteiger partial charge in [-0.15, -0.1) is 0 Å². The standard InChI is InChI=1S/C18H26O5/c1-6-21-18(20)23-14(5)22-17(19)13(4)16-9-7-15(8-10-16)11-12(2)3/h7-10,12-14H,6,11H2,1-5H3/t13-,14?/m0/s1. The summed E-state index contributed by atoms with van der Waals surface area (Å²) in [5, 5.41) is 0. The highest BCUT2D eigenvalue weighted by Crippen LogP contribution is 2.19. The molecule has 0 aliphatic heterocycles. The van der Waals surface area contributed by atoms with Crippen molar-refractivity contribution in [3.8, 4) is 0 Å². The minimum atomic E-state index is -0.982. The minimum absolute atomic E-state index is 0.207. The molecule has 2 atom stereocenters. The maximum Gasteiger partial charge on any atom is 0.511 e. The van der Waals surface area contributed by atoms with Gasteiger partial charge in [0.25, 0.3) is 0 Å². The normalized spacial score (nSPS) is 13.3. The predicted molar refractivity (Wildman–Crippen MR) is 87.1 cm³/mol. The SMILES string of the molecule is CCOC(=O)OC(C)OC(=O)[C@@H](C)c1ccc(CC(C)C)cc1. The van der Waals surface area contributed by atoms with Gasteiger partial charge in [-0.3, -0.25) is 4.79 Å². The van der Waals surface area contributed by atoms with Crippen LogP contribution in [0.5, 0.6) is 0 Å². The Hall–Kier alpha value is -2.04. The van der Waals surface area contributed by atoms with Crippen LogP contribution in [0.1, 0.15) is 51.7 Å². The van der Waals surface area contributed by atoms with Crippen LogP contribution in [0.25, 0.3) is 0 Å². The average molecular weight is 322 g/mol. The zero-order chi connectivity index (χ0) is 17.4. The van der Waals surface area contributed by atoms with Crippen LogP contribution in [-0.2, 0) is 25.4 Å². The van der Waals surface area contributed by atoms with Crippen molar-refractivity contribution < 1.29 is 23.8 Å². The first-order valence-electron chi connectivity index (χ1n) is 7.96. The second-order valence-corrected chi connectivity index (χ2v) is 5.87. The van der Waals surface area contributed by atoms with Crippen LogP contribution in [0.4, 0.5) is 4.79 Å². The Balaban J connectivity index is 2.57. The Labute approximate surface area is 137 Å². The molecule has 1 aromatic rings. The van der Waals surface area contributed by atoms with Crippen molar-refractivity contribution >= 4 is 12.1 Å². The molecule has 0 N–H and O–H groups in total. The highest BCUT2D eigenvalue weighted by Gasteiger charge is 2.21. The summed E-state index contributed by atoms with van der Waals surface area (Å²) >= 11 is 0. The number of esters is 1. The highest BCUT2D eigenvalue weighted by atomic mass is 16.8. The van der Waals surface area contributed by atoms with E-state index in [1.807, 2.05) is 24.3 Å². The minimum Gasteiger partial charge on any atom is -0.435 e. The molecule has 0 saturated heterocycles. The zero-order valence-corrected chi connectivity index (χ0v) is 14.5. The Kier molecular flexibility index (Phi) is 7.59. The predicted octanol–water partition coefficient (Wildman–Crippen LogP) is 4.05. The van der Waals surface area contributed by atoms with Gasteiger partial charge in [-0.25, -0.2) is 4.79 Å². The van der Waals surface area contributed by atoms with Gasteiger partial charge in [0.05, 0.1) is 12.5 Å². The van der Waals surface area contributed by atoms with Crippen molar-refractivity contribution in [1.29, 1.82) is 0 Å². The largest absolute Gasteiger partial charge is 0.511 e. The third kappa shape index (κ3) is 6.72. The summed E-state index contributed by atoms with van der Waals surface area (Å²) in [6.45, 7) is 9.45. The van der Waals surface area contributed by atoms with E-state index in [2.05, 4.69) is 18.6 Å². The van der Waals surface area contributed by atoms with Crippen molar-refractivity contribution in [3.05, 3.63) is 35.4 Å². The lowest BCUT2D eigenvalue weighted by Gasteiger charge is -2.17. The van der Waals surface area contributed by atoms with Crippen LogP contribution >= 0.6 is 0 Å². The molecular formula is C18H26O5. The van der Waals surface area contributed by atoms with E-state index in [0.29, 0.717) is 5.92 Å². The molecule has 0 amide bonds. The monoisotopic (exact) mass is 322 g/mol. The van der Waals surface area contributed by atoms with Gasteiger partial charge in [0.2, 0.25) is 6.29 Å². The fourth-order valence-corrected chi connectivity index (χ4v) is 2.13. The lowest BCUT2D eigenvalue weighted by molar-refractivity contribution is -0.169. The van der Waals surface area contributed by atoms with Crippen LogP contribution in [0.15, 0.2) is 24.3 Å². The molecule has 23 heavy (non-hydrogen) atoms. The van der Waals surface area contributed by atoms with Gasteiger partial charge in [-0.05, 0) is 37.3 Å². The van der Waals surface area contributed by atoms with Gasteiger partial charge in [0, 0.05) is 6.92 Å². The van der Waals surface area contributed by atoms with Crippen molar-refractivity contribution in [2.45, 2.75) is 53.2 Å². The third-order valence-electron chi connectivity index (χ3n) is 3.28. The quantitative estimate of drug-likeness (QED) is 0.560. The van der Waals surface area contributed by atoms with E-state index in [9.17, 15) is 9.59 Å². The van der Waals surface area contributed by atoms with E-state index < -0.39 is 24.3 Å². The summed E-state index contributed by atoms with van der Waals surface area (Å²) < 4.78 is 14.6. The molecule has 1 rings (SSSR count). The van der Waals surface area contributed by atoms with Gasteiger partial charge in [0.15, 0.2) is 0 Å². The van der Waals surface area contributed by atoms with Crippen LogP contribution in [0.3, 0.4) is 0 Å². The van der Waals surface area contributed by atoms with E-state index in [-0.39, 0.29) is 6.61 Å². The van der Waals surface area contributed by atoms with Crippen molar-refractivity contribution in [2.24, 2.45) is 5.92 Å². The molecule has 5 heteroatoms. The summed E-state index contributed by atoms with van der Waals surface area (Å²) in [6.07, 6.45) is -0.827. The fourth-order valence-electron chi connectivity index (χ4n) is 2.13. The molecular weight excluding hydrogens is 296 g/mol. The number of hydrogen-bond donors (Lipinski definition) is 0. The molecule has 0 fully saturated rings. The van der Waals surface area contributed by atoms with Crippen LogP contribution in [0.2, 0.25) is 0 Å². The number of carbonyl (C=O) groups excluding carboxylic acids is 2. The smallest absolute Gasteiger partial charge is 0.435 e. The van der Waals surface area contributed by atoms with E-state index in [1.165, 1.54) is 12.5 Å². The van der Waals surface area contributed by atoms with Gasteiger partial charge < -0.3 is 14.2 Å². The summed E-state index contributed by atoms with van der Waals surface area (Å²) in [7, 11) is 0. The maximum atomic E-state index is 12.1. The summed E-state index contributed by atoms with van der Waals surface area (Å²) in [4.78, 5) is 23.3. The van der Waals surface area contributed by atoms with E-state index >= 15 is 0 Å². The molecule has 0 aliphatic rings.